The number of nitrogens with one attached hydrogen (secondary N) is 2. The van der Waals surface area contributed by atoms with Gasteiger partial charge in [-0.15, -0.1) is 0 Å². The van der Waals surface area contributed by atoms with Crippen molar-refractivity contribution in [2.75, 3.05) is 5.32 Å². The van der Waals surface area contributed by atoms with Gasteiger partial charge in [0.25, 0.3) is 0 Å². The third-order valence-electron chi connectivity index (χ3n) is 2.57. The zero-order valence-electron chi connectivity index (χ0n) is 12.4. The average molecular weight is 279 g/mol. The molecule has 3 N–H and O–H groups in total. The van der Waals surface area contributed by atoms with Crippen molar-refractivity contribution >= 4 is 17.7 Å². The molecule has 0 aliphatic heterocycles. The summed E-state index contributed by atoms with van der Waals surface area (Å²) in [5, 5.41) is 14.7. The minimum atomic E-state index is -1.01. The number of nitrogens with zero attached hydrogens (tertiary/aromatic N) is 1. The molecule has 6 nitrogen and oxygen atoms in total. The number of hydrogen-bond donors (Lipinski definition) is 3. The molecular weight excluding hydrogens is 258 g/mol. The fourth-order valence-electron chi connectivity index (χ4n) is 1.63. The van der Waals surface area contributed by atoms with Crippen LogP contribution in [-0.2, 0) is 4.79 Å². The third kappa shape index (κ3) is 4.53. The van der Waals surface area contributed by atoms with Gasteiger partial charge in [-0.05, 0) is 46.8 Å². The second kappa shape index (κ2) is 5.90. The first-order valence-electron chi connectivity index (χ1n) is 6.39. The Hall–Kier alpha value is -2.11. The number of carbonyl (C=O) groups excluding carboxylic acids is 1. The number of aromatic nitrogens is 1. The van der Waals surface area contributed by atoms with Gasteiger partial charge >= 0.3 is 5.97 Å². The van der Waals surface area contributed by atoms with E-state index >= 15 is 0 Å². The van der Waals surface area contributed by atoms with Crippen LogP contribution in [0.1, 0.15) is 43.7 Å². The van der Waals surface area contributed by atoms with Crippen LogP contribution in [0.3, 0.4) is 0 Å². The topological polar surface area (TPSA) is 91.3 Å². The van der Waals surface area contributed by atoms with Crippen molar-refractivity contribution < 1.29 is 14.7 Å². The second-order valence-electron chi connectivity index (χ2n) is 5.74. The highest BCUT2D eigenvalue weighted by Crippen LogP contribution is 2.12. The Labute approximate surface area is 118 Å². The molecule has 1 heterocycles. The molecule has 1 rings (SSSR count). The van der Waals surface area contributed by atoms with E-state index in [1.165, 1.54) is 6.07 Å². The van der Waals surface area contributed by atoms with E-state index in [2.05, 4.69) is 15.6 Å². The Kier molecular flexibility index (Phi) is 4.70. The number of rotatable bonds is 4. The van der Waals surface area contributed by atoms with Gasteiger partial charge in [0.05, 0.1) is 11.3 Å². The number of carboxylic acid groups (broad SMARTS) is 1. The highest BCUT2D eigenvalue weighted by atomic mass is 16.4. The molecular formula is C14H21N3O3. The van der Waals surface area contributed by atoms with Crippen molar-refractivity contribution in [3.63, 3.8) is 0 Å². The van der Waals surface area contributed by atoms with Crippen LogP contribution in [0.2, 0.25) is 0 Å². The Morgan fingerprint density at radius 2 is 1.90 bits per heavy atom. The summed E-state index contributed by atoms with van der Waals surface area (Å²) in [6, 6.07) is 2.57. The number of pyridine rings is 1. The van der Waals surface area contributed by atoms with Gasteiger partial charge in [-0.25, -0.2) is 9.78 Å². The molecule has 1 aromatic rings. The number of amides is 1. The van der Waals surface area contributed by atoms with E-state index in [0.29, 0.717) is 11.5 Å². The Morgan fingerprint density at radius 3 is 2.35 bits per heavy atom. The first kappa shape index (κ1) is 15.9. The molecule has 0 fully saturated rings. The van der Waals surface area contributed by atoms with Gasteiger partial charge in [-0.2, -0.15) is 0 Å². The van der Waals surface area contributed by atoms with Crippen molar-refractivity contribution in [1.82, 2.24) is 10.3 Å². The summed E-state index contributed by atoms with van der Waals surface area (Å²) in [5.74, 6) is -0.677. The normalized spacial score (nSPS) is 12.7. The van der Waals surface area contributed by atoms with Crippen molar-refractivity contribution in [3.05, 3.63) is 23.4 Å². The van der Waals surface area contributed by atoms with Gasteiger partial charge in [0.1, 0.15) is 11.9 Å². The number of aromatic carboxylic acids is 1. The summed E-state index contributed by atoms with van der Waals surface area (Å²) >= 11 is 0. The van der Waals surface area contributed by atoms with Crippen LogP contribution in [0.5, 0.6) is 0 Å². The molecule has 0 spiro atoms. The molecule has 1 amide bonds. The summed E-state index contributed by atoms with van der Waals surface area (Å²) in [5.41, 5.74) is 0.261. The van der Waals surface area contributed by atoms with Gasteiger partial charge < -0.3 is 15.7 Å². The maximum Gasteiger partial charge on any atom is 0.337 e. The Balaban J connectivity index is 2.76. The molecule has 0 saturated heterocycles. The lowest BCUT2D eigenvalue weighted by Crippen LogP contribution is -2.47. The molecule has 0 aliphatic rings. The number of carbonyl (C=O) groups is 2. The monoisotopic (exact) mass is 279 g/mol. The van der Waals surface area contributed by atoms with Gasteiger partial charge in [0, 0.05) is 5.54 Å². The SMILES string of the molecule is Cc1nc(NC(C)C(=O)NC(C)(C)C)ccc1C(=O)O. The Bertz CT molecular complexity index is 521. The molecule has 0 aromatic carbocycles. The lowest BCUT2D eigenvalue weighted by atomic mass is 10.1. The molecule has 0 bridgehead atoms. The summed E-state index contributed by atoms with van der Waals surface area (Å²) in [4.78, 5) is 27.0. The first-order chi connectivity index (χ1) is 9.10. The molecule has 1 atom stereocenters. The molecule has 0 aliphatic carbocycles. The molecule has 0 saturated carbocycles. The molecule has 110 valence electrons. The van der Waals surface area contributed by atoms with Crippen molar-refractivity contribution in [2.45, 2.75) is 46.2 Å². The van der Waals surface area contributed by atoms with Crippen molar-refractivity contribution in [3.8, 4) is 0 Å². The fraction of sp³-hybridized carbons (Fsp3) is 0.500. The van der Waals surface area contributed by atoms with Gasteiger partial charge in [-0.3, -0.25) is 4.79 Å². The van der Waals surface area contributed by atoms with E-state index in [4.69, 9.17) is 5.11 Å². The smallest absolute Gasteiger partial charge is 0.337 e. The van der Waals surface area contributed by atoms with Gasteiger partial charge in [0.15, 0.2) is 0 Å². The summed E-state index contributed by atoms with van der Waals surface area (Å²) in [6.07, 6.45) is 0. The van der Waals surface area contributed by atoms with Crippen molar-refractivity contribution in [2.24, 2.45) is 0 Å². The number of carboxylic acids is 1. The van der Waals surface area contributed by atoms with Crippen LogP contribution < -0.4 is 10.6 Å². The molecule has 6 heteroatoms. The van der Waals surface area contributed by atoms with E-state index in [9.17, 15) is 9.59 Å². The fourth-order valence-corrected chi connectivity index (χ4v) is 1.63. The quantitative estimate of drug-likeness (QED) is 0.781. The predicted octanol–water partition coefficient (Wildman–Crippen LogP) is 1.80. The minimum absolute atomic E-state index is 0.140. The summed E-state index contributed by atoms with van der Waals surface area (Å²) in [6.45, 7) is 9.06. The minimum Gasteiger partial charge on any atom is -0.478 e. The highest BCUT2D eigenvalue weighted by Gasteiger charge is 2.19. The highest BCUT2D eigenvalue weighted by molar-refractivity contribution is 5.89. The average Bonchev–Trinajstić information content (AvgIpc) is 2.26. The van der Waals surface area contributed by atoms with Crippen LogP contribution >= 0.6 is 0 Å². The first-order valence-corrected chi connectivity index (χ1v) is 6.39. The van der Waals surface area contributed by atoms with Crippen LogP contribution in [0.25, 0.3) is 0 Å². The van der Waals surface area contributed by atoms with E-state index in [0.717, 1.165) is 0 Å². The zero-order chi connectivity index (χ0) is 15.5. The second-order valence-corrected chi connectivity index (χ2v) is 5.74. The Morgan fingerprint density at radius 1 is 1.30 bits per heavy atom. The zero-order valence-corrected chi connectivity index (χ0v) is 12.4. The summed E-state index contributed by atoms with van der Waals surface area (Å²) < 4.78 is 0. The van der Waals surface area contributed by atoms with E-state index < -0.39 is 12.0 Å². The van der Waals surface area contributed by atoms with E-state index in [-0.39, 0.29) is 17.0 Å². The maximum atomic E-state index is 11.9. The number of anilines is 1. The van der Waals surface area contributed by atoms with E-state index in [1.54, 1.807) is 19.9 Å². The lowest BCUT2D eigenvalue weighted by Gasteiger charge is -2.24. The van der Waals surface area contributed by atoms with Crippen LogP contribution in [0.15, 0.2) is 12.1 Å². The largest absolute Gasteiger partial charge is 0.478 e. The van der Waals surface area contributed by atoms with Gasteiger partial charge in [0.2, 0.25) is 5.91 Å². The molecule has 0 radical (unpaired) electrons. The molecule has 1 aromatic heterocycles. The predicted molar refractivity (Wildman–Crippen MR) is 76.9 cm³/mol. The third-order valence-corrected chi connectivity index (χ3v) is 2.57. The summed E-state index contributed by atoms with van der Waals surface area (Å²) in [7, 11) is 0. The standard InChI is InChI=1S/C14H21N3O3/c1-8-10(13(19)20)6-7-11(15-8)16-9(2)12(18)17-14(3,4)5/h6-7,9H,1-5H3,(H,15,16)(H,17,18)(H,19,20). The van der Waals surface area contributed by atoms with Crippen LogP contribution in [0.4, 0.5) is 5.82 Å². The molecule has 1 unspecified atom stereocenters. The lowest BCUT2D eigenvalue weighted by molar-refractivity contribution is -0.122. The number of aryl methyl sites for hydroxylation is 1. The van der Waals surface area contributed by atoms with Crippen LogP contribution in [-0.4, -0.2) is 33.5 Å². The number of hydrogen-bond acceptors (Lipinski definition) is 4. The van der Waals surface area contributed by atoms with E-state index in [1.807, 2.05) is 20.8 Å². The van der Waals surface area contributed by atoms with Crippen molar-refractivity contribution in [1.29, 1.82) is 0 Å². The maximum absolute atomic E-state index is 11.9. The molecule has 20 heavy (non-hydrogen) atoms. The van der Waals surface area contributed by atoms with Gasteiger partial charge in [-0.1, -0.05) is 0 Å². The van der Waals surface area contributed by atoms with Crippen LogP contribution in [0, 0.1) is 6.92 Å².